The summed E-state index contributed by atoms with van der Waals surface area (Å²) in [7, 11) is 0. The van der Waals surface area contributed by atoms with Gasteiger partial charge in [-0.1, -0.05) is 0 Å². The topological polar surface area (TPSA) is 52.6 Å². The molecule has 0 atom stereocenters. The first-order valence-electron chi connectivity index (χ1n) is 12.6. The Morgan fingerprint density at radius 1 is 0.533 bits per heavy atom. The van der Waals surface area contributed by atoms with Gasteiger partial charge in [-0.3, -0.25) is 0 Å². The number of hydrogen-bond acceptors (Lipinski definition) is 4. The third kappa shape index (κ3) is 13.0. The van der Waals surface area contributed by atoms with Crippen molar-refractivity contribution in [3.8, 4) is 0 Å². The van der Waals surface area contributed by atoms with Gasteiger partial charge < -0.3 is 0 Å². The average molecular weight is 638 g/mol. The predicted octanol–water partition coefficient (Wildman–Crippen LogP) is 6.84. The van der Waals surface area contributed by atoms with Crippen LogP contribution in [0.2, 0.25) is 17.7 Å². The molecule has 0 aromatic heterocycles. The van der Waals surface area contributed by atoms with Gasteiger partial charge in [-0.25, -0.2) is 0 Å². The van der Waals surface area contributed by atoms with Crippen LogP contribution in [0, 0.1) is 0 Å². The van der Waals surface area contributed by atoms with Crippen molar-refractivity contribution < 1.29 is 15.7 Å². The van der Waals surface area contributed by atoms with Crippen LogP contribution in [-0.4, -0.2) is 52.3 Å². The van der Waals surface area contributed by atoms with Crippen molar-refractivity contribution in [1.82, 2.24) is 0 Å². The molecule has 0 rings (SSSR count). The molecule has 0 aromatic rings. The van der Waals surface area contributed by atoms with Crippen LogP contribution in [0.15, 0.2) is 11.1 Å². The SMILES string of the molecule is CCC[CH2][SnH]([CH2]CCC)[O]C(=O)/C(CC)=C(/CC)C(=O)[O][SnH]([CH2]CCC)[CH2]CCC. The van der Waals surface area contributed by atoms with Gasteiger partial charge >= 0.3 is 203 Å². The molecule has 0 N–H and O–H groups in total. The van der Waals surface area contributed by atoms with Crippen LogP contribution in [0.1, 0.15) is 106 Å². The molecule has 0 radical (unpaired) electrons. The van der Waals surface area contributed by atoms with E-state index in [0.29, 0.717) is 24.0 Å². The molecule has 0 aliphatic heterocycles. The maximum absolute atomic E-state index is 13.0. The number of carbonyl (C=O) groups is 2. The van der Waals surface area contributed by atoms with E-state index in [2.05, 4.69) is 27.7 Å². The molecule has 176 valence electrons. The molecule has 0 amide bonds. The van der Waals surface area contributed by atoms with E-state index >= 15 is 0 Å². The van der Waals surface area contributed by atoms with E-state index in [0.717, 1.165) is 69.1 Å². The van der Waals surface area contributed by atoms with Gasteiger partial charge in [0.1, 0.15) is 0 Å². The number of carbonyl (C=O) groups excluding carboxylic acids is 2. The number of unbranched alkanes of at least 4 members (excludes halogenated alkanes) is 4. The Hall–Kier alpha value is 0.277. The second-order valence-electron chi connectivity index (χ2n) is 8.29. The maximum atomic E-state index is 13.0. The van der Waals surface area contributed by atoms with Crippen LogP contribution < -0.4 is 0 Å². The molecule has 0 heterocycles. The van der Waals surface area contributed by atoms with Crippen molar-refractivity contribution in [1.29, 1.82) is 0 Å². The summed E-state index contributed by atoms with van der Waals surface area (Å²) in [6.07, 6.45) is 10.3. The Morgan fingerprint density at radius 3 is 1.00 bits per heavy atom. The molecular weight excluding hydrogens is 590 g/mol. The molecule has 0 fully saturated rings. The molecule has 0 bridgehead atoms. The predicted molar refractivity (Wildman–Crippen MR) is 133 cm³/mol. The fourth-order valence-electron chi connectivity index (χ4n) is 3.66. The quantitative estimate of drug-likeness (QED) is 0.122. The zero-order chi connectivity index (χ0) is 22.8. The van der Waals surface area contributed by atoms with E-state index in [-0.39, 0.29) is 11.9 Å². The van der Waals surface area contributed by atoms with Crippen LogP contribution in [0.25, 0.3) is 0 Å². The molecule has 0 spiro atoms. The number of rotatable bonds is 18. The summed E-state index contributed by atoms with van der Waals surface area (Å²) < 4.78 is 16.6. The fourth-order valence-corrected chi connectivity index (χ4v) is 19.1. The van der Waals surface area contributed by atoms with E-state index < -0.39 is 40.3 Å². The molecule has 0 unspecified atom stereocenters. The molecule has 6 heteroatoms. The van der Waals surface area contributed by atoms with Gasteiger partial charge in [-0.05, 0) is 0 Å². The summed E-state index contributed by atoms with van der Waals surface area (Å²) in [6, 6.07) is 0. The van der Waals surface area contributed by atoms with Crippen LogP contribution >= 0.6 is 0 Å². The van der Waals surface area contributed by atoms with E-state index in [1.54, 1.807) is 0 Å². The Morgan fingerprint density at radius 2 is 0.800 bits per heavy atom. The molecule has 0 saturated heterocycles. The van der Waals surface area contributed by atoms with Crippen molar-refractivity contribution in [3.05, 3.63) is 11.1 Å². The summed E-state index contributed by atoms with van der Waals surface area (Å²) in [4.78, 5) is 26.1. The first-order chi connectivity index (χ1) is 14.5. The van der Waals surface area contributed by atoms with Crippen molar-refractivity contribution >= 4 is 52.3 Å². The van der Waals surface area contributed by atoms with Crippen molar-refractivity contribution in [2.24, 2.45) is 0 Å². The Labute approximate surface area is 201 Å². The van der Waals surface area contributed by atoms with Crippen LogP contribution in [-0.2, 0) is 15.7 Å². The first-order valence-corrected chi connectivity index (χ1v) is 24.6. The molecule has 0 saturated carbocycles. The average Bonchev–Trinajstić information content (AvgIpc) is 2.75. The summed E-state index contributed by atoms with van der Waals surface area (Å²) in [6.45, 7) is 12.7. The molecule has 0 aliphatic carbocycles. The van der Waals surface area contributed by atoms with E-state index in [1.165, 1.54) is 0 Å². The Kier molecular flexibility index (Phi) is 20.1. The molecule has 30 heavy (non-hydrogen) atoms. The van der Waals surface area contributed by atoms with Gasteiger partial charge in [-0.2, -0.15) is 0 Å². The first kappa shape index (κ1) is 30.3. The standard InChI is InChI=1S/C8H12O4.4C4H9.2Sn.2H/c1-3-5(7(9)10)6(4-2)8(11)12;4*1-3-4-2;;;;/h3-4H2,1-2H3,(H,9,10)(H,11,12);4*1,3-4H2,2H3;;;;/q;;;;;2*+1;;/p-2/b6-5-;;;;;;;;. The van der Waals surface area contributed by atoms with E-state index in [4.69, 9.17) is 6.15 Å². The minimum atomic E-state index is -2.34. The monoisotopic (exact) mass is 640 g/mol. The van der Waals surface area contributed by atoms with Crippen LogP contribution in [0.3, 0.4) is 0 Å². The minimum absolute atomic E-state index is 0.215. The van der Waals surface area contributed by atoms with Gasteiger partial charge in [0.25, 0.3) is 0 Å². The van der Waals surface area contributed by atoms with Gasteiger partial charge in [0.15, 0.2) is 0 Å². The molecular formula is C24H48O4Sn2. The number of hydrogen-bond donors (Lipinski definition) is 0. The van der Waals surface area contributed by atoms with Gasteiger partial charge in [-0.15, -0.1) is 0 Å². The third-order valence-electron chi connectivity index (χ3n) is 5.63. The Bertz CT molecular complexity index is 445. The summed E-state index contributed by atoms with van der Waals surface area (Å²) >= 11 is -4.68. The second kappa shape index (κ2) is 19.9. The van der Waals surface area contributed by atoms with Crippen molar-refractivity contribution in [2.75, 3.05) is 0 Å². The van der Waals surface area contributed by atoms with Crippen molar-refractivity contribution in [3.63, 3.8) is 0 Å². The van der Waals surface area contributed by atoms with Gasteiger partial charge in [0.2, 0.25) is 0 Å². The summed E-state index contributed by atoms with van der Waals surface area (Å²) in [5, 5.41) is 0. The Balaban J connectivity index is 5.35. The molecule has 0 aromatic carbocycles. The van der Waals surface area contributed by atoms with Gasteiger partial charge in [0.05, 0.1) is 0 Å². The third-order valence-corrected chi connectivity index (χ3v) is 20.8. The summed E-state index contributed by atoms with van der Waals surface area (Å²) in [5.41, 5.74) is 1.15. The zero-order valence-corrected chi connectivity index (χ0v) is 27.3. The van der Waals surface area contributed by atoms with Gasteiger partial charge in [0, 0.05) is 0 Å². The zero-order valence-electron chi connectivity index (χ0n) is 20.7. The van der Waals surface area contributed by atoms with E-state index in [1.807, 2.05) is 13.8 Å². The summed E-state index contributed by atoms with van der Waals surface area (Å²) in [5.74, 6) is -0.429. The normalized spacial score (nSPS) is 12.3. The van der Waals surface area contributed by atoms with E-state index in [9.17, 15) is 9.59 Å². The molecule has 0 aliphatic rings. The van der Waals surface area contributed by atoms with Crippen LogP contribution in [0.4, 0.5) is 0 Å². The molecule has 4 nitrogen and oxygen atoms in total. The second-order valence-corrected chi connectivity index (χ2v) is 23.3. The van der Waals surface area contributed by atoms with Crippen LogP contribution in [0.5, 0.6) is 0 Å². The van der Waals surface area contributed by atoms with Crippen molar-refractivity contribution in [2.45, 2.75) is 123 Å². The fraction of sp³-hybridized carbons (Fsp3) is 0.833.